The molecule has 5 nitrogen and oxygen atoms in total. The van der Waals surface area contributed by atoms with Crippen molar-refractivity contribution in [3.63, 3.8) is 0 Å². The third kappa shape index (κ3) is 1.74. The van der Waals surface area contributed by atoms with Gasteiger partial charge in [-0.2, -0.15) is 10.2 Å². The molecule has 1 unspecified atom stereocenters. The highest BCUT2D eigenvalue weighted by molar-refractivity contribution is 5.29. The van der Waals surface area contributed by atoms with Gasteiger partial charge in [0.15, 0.2) is 0 Å². The van der Waals surface area contributed by atoms with Crippen LogP contribution in [0.15, 0.2) is 18.6 Å². The van der Waals surface area contributed by atoms with Gasteiger partial charge in [-0.05, 0) is 13.8 Å². The summed E-state index contributed by atoms with van der Waals surface area (Å²) in [6.07, 6.45) is 5.63. The summed E-state index contributed by atoms with van der Waals surface area (Å²) >= 11 is 0. The van der Waals surface area contributed by atoms with Gasteiger partial charge in [0.2, 0.25) is 0 Å². The van der Waals surface area contributed by atoms with Crippen molar-refractivity contribution in [1.29, 1.82) is 0 Å². The van der Waals surface area contributed by atoms with E-state index >= 15 is 0 Å². The Morgan fingerprint density at radius 2 is 2.12 bits per heavy atom. The van der Waals surface area contributed by atoms with Crippen LogP contribution < -0.4 is 5.73 Å². The van der Waals surface area contributed by atoms with Crippen molar-refractivity contribution in [3.8, 4) is 0 Å². The predicted octanol–water partition coefficient (Wildman–Crippen LogP) is 0.993. The highest BCUT2D eigenvalue weighted by Gasteiger charge is 2.15. The maximum atomic E-state index is 6.19. The first kappa shape index (κ1) is 10.9. The van der Waals surface area contributed by atoms with E-state index in [0.717, 1.165) is 23.4 Å². The number of hydrogen-bond donors (Lipinski definition) is 1. The van der Waals surface area contributed by atoms with Crippen molar-refractivity contribution in [2.24, 2.45) is 12.8 Å². The third-order valence-electron chi connectivity index (χ3n) is 2.94. The lowest BCUT2D eigenvalue weighted by molar-refractivity contribution is 0.658. The summed E-state index contributed by atoms with van der Waals surface area (Å²) in [7, 11) is 1.92. The van der Waals surface area contributed by atoms with Gasteiger partial charge >= 0.3 is 0 Å². The summed E-state index contributed by atoms with van der Waals surface area (Å²) in [5, 5.41) is 8.43. The first-order valence-electron chi connectivity index (χ1n) is 5.40. The summed E-state index contributed by atoms with van der Waals surface area (Å²) < 4.78 is 3.71. The third-order valence-corrected chi connectivity index (χ3v) is 2.94. The second-order valence-corrected chi connectivity index (χ2v) is 3.92. The SMILES string of the molecule is CCn1cc(C(N)c2cnn(C)c2C)cn1. The van der Waals surface area contributed by atoms with Gasteiger partial charge in [-0.3, -0.25) is 9.36 Å². The first-order chi connectivity index (χ1) is 7.63. The van der Waals surface area contributed by atoms with Crippen LogP contribution in [0.25, 0.3) is 0 Å². The summed E-state index contributed by atoms with van der Waals surface area (Å²) in [6, 6.07) is -0.144. The van der Waals surface area contributed by atoms with Crippen LogP contribution in [0.5, 0.6) is 0 Å². The Balaban J connectivity index is 2.31. The summed E-state index contributed by atoms with van der Waals surface area (Å²) in [6.45, 7) is 4.93. The van der Waals surface area contributed by atoms with Gasteiger partial charge < -0.3 is 5.73 Å². The quantitative estimate of drug-likeness (QED) is 0.837. The molecule has 2 rings (SSSR count). The van der Waals surface area contributed by atoms with Crippen LogP contribution in [-0.4, -0.2) is 19.6 Å². The van der Waals surface area contributed by atoms with E-state index in [0.29, 0.717) is 0 Å². The average Bonchev–Trinajstić information content (AvgIpc) is 2.87. The van der Waals surface area contributed by atoms with E-state index in [9.17, 15) is 0 Å². The summed E-state index contributed by atoms with van der Waals surface area (Å²) in [5.74, 6) is 0. The Morgan fingerprint density at radius 3 is 2.62 bits per heavy atom. The zero-order valence-electron chi connectivity index (χ0n) is 9.88. The Hall–Kier alpha value is -1.62. The number of aromatic nitrogens is 4. The van der Waals surface area contributed by atoms with Gasteiger partial charge in [-0.25, -0.2) is 0 Å². The summed E-state index contributed by atoms with van der Waals surface area (Å²) in [4.78, 5) is 0. The molecule has 0 aliphatic heterocycles. The van der Waals surface area contributed by atoms with Crippen LogP contribution in [-0.2, 0) is 13.6 Å². The fourth-order valence-corrected chi connectivity index (χ4v) is 1.71. The fourth-order valence-electron chi connectivity index (χ4n) is 1.71. The Bertz CT molecular complexity index is 482. The number of hydrogen-bond acceptors (Lipinski definition) is 3. The smallest absolute Gasteiger partial charge is 0.0616 e. The minimum atomic E-state index is -0.144. The molecule has 2 aromatic heterocycles. The van der Waals surface area contributed by atoms with E-state index in [4.69, 9.17) is 5.73 Å². The normalized spacial score (nSPS) is 13.0. The van der Waals surface area contributed by atoms with Crippen LogP contribution in [0.3, 0.4) is 0 Å². The highest BCUT2D eigenvalue weighted by Crippen LogP contribution is 2.21. The number of aryl methyl sites for hydroxylation is 2. The maximum absolute atomic E-state index is 6.19. The van der Waals surface area contributed by atoms with Crippen LogP contribution in [0.4, 0.5) is 0 Å². The Morgan fingerprint density at radius 1 is 1.38 bits per heavy atom. The molecular weight excluding hydrogens is 202 g/mol. The van der Waals surface area contributed by atoms with E-state index in [1.54, 1.807) is 0 Å². The second kappa shape index (κ2) is 4.09. The van der Waals surface area contributed by atoms with Crippen molar-refractivity contribution in [2.75, 3.05) is 0 Å². The lowest BCUT2D eigenvalue weighted by Crippen LogP contribution is -2.12. The van der Waals surface area contributed by atoms with Gasteiger partial charge in [0, 0.05) is 36.6 Å². The second-order valence-electron chi connectivity index (χ2n) is 3.92. The molecular formula is C11H17N5. The van der Waals surface area contributed by atoms with E-state index in [2.05, 4.69) is 17.1 Å². The molecule has 0 aliphatic carbocycles. The molecule has 0 saturated carbocycles. The van der Waals surface area contributed by atoms with Crippen LogP contribution >= 0.6 is 0 Å². The molecule has 0 fully saturated rings. The molecule has 0 spiro atoms. The van der Waals surface area contributed by atoms with Gasteiger partial charge in [0.1, 0.15) is 0 Å². The van der Waals surface area contributed by atoms with Crippen LogP contribution in [0.2, 0.25) is 0 Å². The molecule has 1 atom stereocenters. The fraction of sp³-hybridized carbons (Fsp3) is 0.455. The molecule has 16 heavy (non-hydrogen) atoms. The van der Waals surface area contributed by atoms with Crippen LogP contribution in [0, 0.1) is 6.92 Å². The van der Waals surface area contributed by atoms with E-state index < -0.39 is 0 Å². The predicted molar refractivity (Wildman–Crippen MR) is 61.9 cm³/mol. The molecule has 2 heterocycles. The standard InChI is InChI=1S/C11H17N5/c1-4-16-7-9(5-14-16)11(12)10-6-13-15(3)8(10)2/h5-7,11H,4,12H2,1-3H3. The topological polar surface area (TPSA) is 61.7 Å². The zero-order valence-corrected chi connectivity index (χ0v) is 9.88. The van der Waals surface area contributed by atoms with Crippen molar-refractivity contribution < 1.29 is 0 Å². The molecule has 2 N–H and O–H groups in total. The molecule has 0 radical (unpaired) electrons. The molecule has 0 amide bonds. The largest absolute Gasteiger partial charge is 0.320 e. The Kier molecular flexibility index (Phi) is 2.78. The van der Waals surface area contributed by atoms with Crippen molar-refractivity contribution in [3.05, 3.63) is 35.4 Å². The van der Waals surface area contributed by atoms with Crippen molar-refractivity contribution >= 4 is 0 Å². The molecule has 5 heteroatoms. The molecule has 0 aromatic carbocycles. The Labute approximate surface area is 94.9 Å². The van der Waals surface area contributed by atoms with Gasteiger partial charge in [0.25, 0.3) is 0 Å². The first-order valence-corrected chi connectivity index (χ1v) is 5.40. The monoisotopic (exact) mass is 219 g/mol. The lowest BCUT2D eigenvalue weighted by Gasteiger charge is -2.08. The van der Waals surface area contributed by atoms with E-state index in [-0.39, 0.29) is 6.04 Å². The maximum Gasteiger partial charge on any atom is 0.0616 e. The molecule has 0 bridgehead atoms. The van der Waals surface area contributed by atoms with Crippen LogP contribution in [0.1, 0.15) is 29.8 Å². The van der Waals surface area contributed by atoms with E-state index in [1.165, 1.54) is 0 Å². The highest BCUT2D eigenvalue weighted by atomic mass is 15.3. The lowest BCUT2D eigenvalue weighted by atomic mass is 10.0. The molecule has 2 aromatic rings. The summed E-state index contributed by atoms with van der Waals surface area (Å²) in [5.41, 5.74) is 9.37. The van der Waals surface area contributed by atoms with Gasteiger partial charge in [-0.15, -0.1) is 0 Å². The number of nitrogens with two attached hydrogens (primary N) is 1. The minimum Gasteiger partial charge on any atom is -0.320 e. The molecule has 0 saturated heterocycles. The van der Waals surface area contributed by atoms with E-state index in [1.807, 2.05) is 41.9 Å². The number of nitrogens with zero attached hydrogens (tertiary/aromatic N) is 4. The minimum absolute atomic E-state index is 0.144. The van der Waals surface area contributed by atoms with Crippen molar-refractivity contribution in [1.82, 2.24) is 19.6 Å². The van der Waals surface area contributed by atoms with Gasteiger partial charge in [0.05, 0.1) is 18.4 Å². The zero-order chi connectivity index (χ0) is 11.7. The molecule has 86 valence electrons. The average molecular weight is 219 g/mol. The molecule has 0 aliphatic rings. The van der Waals surface area contributed by atoms with Crippen molar-refractivity contribution in [2.45, 2.75) is 26.4 Å². The number of rotatable bonds is 3. The van der Waals surface area contributed by atoms with Gasteiger partial charge in [-0.1, -0.05) is 0 Å².